The zero-order valence-electron chi connectivity index (χ0n) is 16.1. The highest BCUT2D eigenvalue weighted by Crippen LogP contribution is 2.36. The predicted octanol–water partition coefficient (Wildman–Crippen LogP) is 5.97. The minimum atomic E-state index is 0.0461. The summed E-state index contributed by atoms with van der Waals surface area (Å²) in [5.41, 5.74) is 5.67. The summed E-state index contributed by atoms with van der Waals surface area (Å²) >= 11 is 0. The molecule has 2 aromatic rings. The number of aryl methyl sites for hydroxylation is 1. The molecule has 0 saturated heterocycles. The smallest absolute Gasteiger partial charge is 0.163 e. The van der Waals surface area contributed by atoms with E-state index in [0.717, 1.165) is 12.0 Å². The second-order valence-electron chi connectivity index (χ2n) is 7.28. The van der Waals surface area contributed by atoms with Crippen molar-refractivity contribution in [3.05, 3.63) is 89.0 Å². The summed E-state index contributed by atoms with van der Waals surface area (Å²) in [5.74, 6) is 0.552. The van der Waals surface area contributed by atoms with Crippen molar-refractivity contribution in [3.63, 3.8) is 0 Å². The number of hydrogen-bond donors (Lipinski definition) is 0. The Hall–Kier alpha value is -2.74. The van der Waals surface area contributed by atoms with Gasteiger partial charge in [-0.3, -0.25) is 9.59 Å². The molecule has 0 aliphatic heterocycles. The predicted molar refractivity (Wildman–Crippen MR) is 111 cm³/mol. The lowest BCUT2D eigenvalue weighted by Crippen LogP contribution is -2.06. The Labute approximate surface area is 161 Å². The normalized spacial score (nSPS) is 16.0. The van der Waals surface area contributed by atoms with Gasteiger partial charge in [-0.2, -0.15) is 0 Å². The summed E-state index contributed by atoms with van der Waals surface area (Å²) in [6.45, 7) is 4.19. The molecule has 0 radical (unpaired) electrons. The molecule has 0 aromatic heterocycles. The first-order valence-corrected chi connectivity index (χ1v) is 9.62. The molecule has 0 fully saturated rings. The summed E-state index contributed by atoms with van der Waals surface area (Å²) in [4.78, 5) is 24.5. The summed E-state index contributed by atoms with van der Waals surface area (Å²) < 4.78 is 0. The molecule has 1 aliphatic rings. The van der Waals surface area contributed by atoms with Crippen molar-refractivity contribution in [1.29, 1.82) is 0 Å². The molecular weight excluding hydrogens is 332 g/mol. The van der Waals surface area contributed by atoms with Gasteiger partial charge < -0.3 is 0 Å². The number of allylic oxidation sites excluding steroid dienone is 4. The van der Waals surface area contributed by atoms with Gasteiger partial charge in [-0.15, -0.1) is 0 Å². The van der Waals surface area contributed by atoms with Gasteiger partial charge in [0.2, 0.25) is 0 Å². The molecule has 2 aromatic carbocycles. The van der Waals surface area contributed by atoms with Crippen molar-refractivity contribution in [1.82, 2.24) is 0 Å². The van der Waals surface area contributed by atoms with E-state index in [4.69, 9.17) is 0 Å². The maximum Gasteiger partial charge on any atom is 0.163 e. The number of benzene rings is 2. The lowest BCUT2D eigenvalue weighted by Gasteiger charge is -2.14. The topological polar surface area (TPSA) is 34.1 Å². The molecule has 2 nitrogen and oxygen atoms in total. The van der Waals surface area contributed by atoms with Gasteiger partial charge in [-0.05, 0) is 24.5 Å². The van der Waals surface area contributed by atoms with Gasteiger partial charge in [0.1, 0.15) is 5.78 Å². The Balaban J connectivity index is 1.45. The van der Waals surface area contributed by atoms with Crippen molar-refractivity contribution >= 4 is 17.1 Å². The quantitative estimate of drug-likeness (QED) is 0.545. The molecule has 1 unspecified atom stereocenters. The highest BCUT2D eigenvalue weighted by atomic mass is 16.1. The highest BCUT2D eigenvalue weighted by Gasteiger charge is 2.20. The van der Waals surface area contributed by atoms with Crippen molar-refractivity contribution in [2.24, 2.45) is 5.92 Å². The Morgan fingerprint density at radius 1 is 0.852 bits per heavy atom. The first-order valence-electron chi connectivity index (χ1n) is 9.62. The van der Waals surface area contributed by atoms with E-state index in [-0.39, 0.29) is 11.6 Å². The fourth-order valence-corrected chi connectivity index (χ4v) is 3.51. The molecule has 0 spiro atoms. The van der Waals surface area contributed by atoms with Crippen LogP contribution in [0.5, 0.6) is 0 Å². The van der Waals surface area contributed by atoms with Crippen LogP contribution in [0, 0.1) is 12.8 Å². The zero-order chi connectivity index (χ0) is 19.2. The molecule has 0 amide bonds. The fourth-order valence-electron chi connectivity index (χ4n) is 3.51. The van der Waals surface area contributed by atoms with Gasteiger partial charge >= 0.3 is 0 Å². The number of carbonyl (C=O) groups excluding carboxylic acids is 2. The lowest BCUT2D eigenvalue weighted by atomic mass is 9.89. The third-order valence-corrected chi connectivity index (χ3v) is 5.30. The zero-order valence-corrected chi connectivity index (χ0v) is 16.1. The number of rotatable bonds is 8. The number of Topliss-reactive ketones (excluding diaryl/α,β-unsaturated/α-hetero) is 2. The fraction of sp³-hybridized carbons (Fsp3) is 0.280. The lowest BCUT2D eigenvalue weighted by molar-refractivity contribution is -0.119. The molecule has 2 heteroatoms. The largest absolute Gasteiger partial charge is 0.300 e. The maximum absolute atomic E-state index is 12.3. The average Bonchev–Trinajstić information content (AvgIpc) is 3.06. The van der Waals surface area contributed by atoms with Crippen LogP contribution in [-0.2, 0) is 4.79 Å². The van der Waals surface area contributed by atoms with E-state index in [1.54, 1.807) is 0 Å². The van der Waals surface area contributed by atoms with Gasteiger partial charge in [-0.1, -0.05) is 84.8 Å². The van der Waals surface area contributed by atoms with Crippen LogP contribution in [0.25, 0.3) is 5.57 Å². The number of hydrogen-bond acceptors (Lipinski definition) is 2. The minimum absolute atomic E-state index is 0.0461. The Bertz CT molecular complexity index is 870. The molecule has 27 heavy (non-hydrogen) atoms. The highest BCUT2D eigenvalue weighted by molar-refractivity contribution is 5.98. The summed E-state index contributed by atoms with van der Waals surface area (Å²) in [5, 5.41) is 0. The minimum Gasteiger partial charge on any atom is -0.300 e. The third kappa shape index (κ3) is 4.91. The maximum atomic E-state index is 12.3. The van der Waals surface area contributed by atoms with Crippen molar-refractivity contribution < 1.29 is 9.59 Å². The van der Waals surface area contributed by atoms with E-state index in [1.165, 1.54) is 16.7 Å². The number of ketones is 2. The third-order valence-electron chi connectivity index (χ3n) is 5.30. The van der Waals surface area contributed by atoms with Gasteiger partial charge in [0.15, 0.2) is 5.78 Å². The monoisotopic (exact) mass is 358 g/mol. The molecule has 3 rings (SSSR count). The van der Waals surface area contributed by atoms with Crippen LogP contribution in [0.4, 0.5) is 0 Å². The molecule has 1 atom stereocenters. The first-order chi connectivity index (χ1) is 13.0. The SMILES string of the molecule is Cc1ccc(C(=O)CCC(=O)CCC2=CC=C(c3ccccc3)C2C)cc1. The van der Waals surface area contributed by atoms with Crippen LogP contribution in [-0.4, -0.2) is 11.6 Å². The molecule has 0 N–H and O–H groups in total. The summed E-state index contributed by atoms with van der Waals surface area (Å²) in [6, 6.07) is 17.9. The van der Waals surface area contributed by atoms with Gasteiger partial charge in [0, 0.05) is 30.7 Å². The number of carbonyl (C=O) groups is 2. The average molecular weight is 358 g/mol. The van der Waals surface area contributed by atoms with Crippen LogP contribution < -0.4 is 0 Å². The molecule has 1 aliphatic carbocycles. The first kappa shape index (κ1) is 19.0. The van der Waals surface area contributed by atoms with E-state index >= 15 is 0 Å². The molecule has 138 valence electrons. The second kappa shape index (κ2) is 8.77. The Kier molecular flexibility index (Phi) is 6.18. The Morgan fingerprint density at radius 2 is 1.56 bits per heavy atom. The van der Waals surface area contributed by atoms with Crippen LogP contribution in [0.15, 0.2) is 72.3 Å². The van der Waals surface area contributed by atoms with Crippen molar-refractivity contribution in [2.45, 2.75) is 39.5 Å². The standard InChI is InChI=1S/C25H26O2/c1-18-8-10-22(11-9-18)25(27)17-15-23(26)14-12-20-13-16-24(19(20)2)21-6-4-3-5-7-21/h3-11,13,16,19H,12,14-15,17H2,1-2H3. The van der Waals surface area contributed by atoms with Crippen LogP contribution >= 0.6 is 0 Å². The van der Waals surface area contributed by atoms with Gasteiger partial charge in [-0.25, -0.2) is 0 Å². The molecular formula is C25H26O2. The van der Waals surface area contributed by atoms with E-state index < -0.39 is 0 Å². The van der Waals surface area contributed by atoms with Gasteiger partial charge in [0.25, 0.3) is 0 Å². The van der Waals surface area contributed by atoms with E-state index in [0.29, 0.717) is 30.7 Å². The molecule has 0 saturated carbocycles. The summed E-state index contributed by atoms with van der Waals surface area (Å²) in [6.07, 6.45) is 6.22. The molecule has 0 heterocycles. The van der Waals surface area contributed by atoms with Crippen molar-refractivity contribution in [3.8, 4) is 0 Å². The van der Waals surface area contributed by atoms with E-state index in [2.05, 4.69) is 43.3 Å². The second-order valence-corrected chi connectivity index (χ2v) is 7.28. The van der Waals surface area contributed by atoms with Crippen LogP contribution in [0.2, 0.25) is 0 Å². The molecule has 0 bridgehead atoms. The van der Waals surface area contributed by atoms with E-state index in [1.807, 2.05) is 37.3 Å². The van der Waals surface area contributed by atoms with E-state index in [9.17, 15) is 9.59 Å². The Morgan fingerprint density at radius 3 is 2.26 bits per heavy atom. The van der Waals surface area contributed by atoms with Crippen LogP contribution in [0.3, 0.4) is 0 Å². The van der Waals surface area contributed by atoms with Crippen LogP contribution in [0.1, 0.15) is 54.1 Å². The van der Waals surface area contributed by atoms with Gasteiger partial charge in [0.05, 0.1) is 0 Å². The summed E-state index contributed by atoms with van der Waals surface area (Å²) in [7, 11) is 0. The van der Waals surface area contributed by atoms with Crippen molar-refractivity contribution in [2.75, 3.05) is 0 Å².